The van der Waals surface area contributed by atoms with Crippen LogP contribution in [0.15, 0.2) is 6.33 Å². The summed E-state index contributed by atoms with van der Waals surface area (Å²) in [4.78, 5) is 15.9. The second-order valence-electron chi connectivity index (χ2n) is 1.81. The summed E-state index contributed by atoms with van der Waals surface area (Å²) in [6.07, 6.45) is 1.91. The van der Waals surface area contributed by atoms with Crippen LogP contribution in [0.2, 0.25) is 0 Å². The Morgan fingerprint density at radius 1 is 1.90 bits per heavy atom. The number of nitrogens with zero attached hydrogens (tertiary/aromatic N) is 2. The van der Waals surface area contributed by atoms with Gasteiger partial charge in [0.2, 0.25) is 0 Å². The Hall–Kier alpha value is -1.39. The quantitative estimate of drug-likeness (QED) is 0.490. The fourth-order valence-corrected chi connectivity index (χ4v) is 0.733. The van der Waals surface area contributed by atoms with E-state index in [0.717, 1.165) is 0 Å². The van der Waals surface area contributed by atoms with Crippen LogP contribution in [0, 0.1) is 10.1 Å². The summed E-state index contributed by atoms with van der Waals surface area (Å²) >= 11 is 0. The maximum absolute atomic E-state index is 10.2. The van der Waals surface area contributed by atoms with Gasteiger partial charge in [0.05, 0.1) is 0 Å². The molecule has 5 heteroatoms. The maximum Gasteiger partial charge on any atom is 0.343 e. The lowest BCUT2D eigenvalue weighted by Gasteiger charge is -1.90. The highest BCUT2D eigenvalue weighted by molar-refractivity contribution is 5.24. The molecule has 54 valence electrons. The maximum atomic E-state index is 10.2. The number of aryl methyl sites for hydroxylation is 1. The minimum atomic E-state index is -0.466. The second kappa shape index (κ2) is 2.47. The average molecular weight is 141 g/mol. The topological polar surface area (TPSA) is 71.8 Å². The molecule has 1 aromatic rings. The van der Waals surface area contributed by atoms with E-state index in [-0.39, 0.29) is 5.82 Å². The second-order valence-corrected chi connectivity index (χ2v) is 1.81. The van der Waals surface area contributed by atoms with E-state index < -0.39 is 4.92 Å². The van der Waals surface area contributed by atoms with Crippen LogP contribution in [0.3, 0.4) is 0 Å². The van der Waals surface area contributed by atoms with Gasteiger partial charge in [-0.3, -0.25) is 0 Å². The van der Waals surface area contributed by atoms with Crippen LogP contribution in [-0.2, 0) is 6.42 Å². The van der Waals surface area contributed by atoms with E-state index >= 15 is 0 Å². The van der Waals surface area contributed by atoms with Gasteiger partial charge < -0.3 is 10.1 Å². The number of aromatic amines is 1. The van der Waals surface area contributed by atoms with E-state index in [1.54, 1.807) is 0 Å². The summed E-state index contributed by atoms with van der Waals surface area (Å²) in [7, 11) is 0. The van der Waals surface area contributed by atoms with Crippen molar-refractivity contribution in [3.8, 4) is 0 Å². The zero-order valence-corrected chi connectivity index (χ0v) is 5.50. The fourth-order valence-electron chi connectivity index (χ4n) is 0.733. The minimum Gasteiger partial charge on any atom is -0.358 e. The van der Waals surface area contributed by atoms with E-state index in [9.17, 15) is 10.1 Å². The van der Waals surface area contributed by atoms with Gasteiger partial charge in [0.25, 0.3) is 0 Å². The van der Waals surface area contributed by atoms with Crippen LogP contribution in [0.25, 0.3) is 0 Å². The first-order chi connectivity index (χ1) is 4.75. The van der Waals surface area contributed by atoms with Gasteiger partial charge in [0.1, 0.15) is 5.69 Å². The minimum absolute atomic E-state index is 0.00231. The smallest absolute Gasteiger partial charge is 0.343 e. The van der Waals surface area contributed by atoms with Crippen LogP contribution in [0.5, 0.6) is 0 Å². The van der Waals surface area contributed by atoms with Crippen LogP contribution in [0.4, 0.5) is 5.82 Å². The van der Waals surface area contributed by atoms with Crippen molar-refractivity contribution in [2.45, 2.75) is 13.3 Å². The molecule has 0 saturated heterocycles. The number of aromatic nitrogens is 2. The molecular formula is C5H7N3O2. The van der Waals surface area contributed by atoms with Crippen molar-refractivity contribution in [3.05, 3.63) is 22.1 Å². The van der Waals surface area contributed by atoms with Crippen molar-refractivity contribution in [3.63, 3.8) is 0 Å². The highest BCUT2D eigenvalue weighted by atomic mass is 16.6. The molecule has 0 spiro atoms. The molecule has 0 aliphatic heterocycles. The molecule has 0 aliphatic carbocycles. The van der Waals surface area contributed by atoms with Crippen LogP contribution < -0.4 is 0 Å². The molecule has 0 radical (unpaired) electrons. The summed E-state index contributed by atoms with van der Waals surface area (Å²) in [6.45, 7) is 1.82. The highest BCUT2D eigenvalue weighted by Gasteiger charge is 2.11. The Labute approximate surface area is 57.2 Å². The first kappa shape index (κ1) is 6.73. The zero-order valence-electron chi connectivity index (χ0n) is 5.50. The van der Waals surface area contributed by atoms with Crippen molar-refractivity contribution in [2.24, 2.45) is 0 Å². The Kier molecular flexibility index (Phi) is 1.66. The first-order valence-corrected chi connectivity index (χ1v) is 2.92. The van der Waals surface area contributed by atoms with Crippen molar-refractivity contribution in [2.75, 3.05) is 0 Å². The molecule has 1 aromatic heterocycles. The Bertz CT molecular complexity index is 243. The average Bonchev–Trinajstić information content (AvgIpc) is 2.33. The van der Waals surface area contributed by atoms with Gasteiger partial charge in [0, 0.05) is 0 Å². The number of nitro groups is 1. The monoisotopic (exact) mass is 141 g/mol. The standard InChI is InChI=1S/C5H7N3O2/c1-2-4-5(8(9)10)7-3-6-4/h3H,2H2,1H3,(H,6,7). The zero-order chi connectivity index (χ0) is 7.56. The Morgan fingerprint density at radius 3 is 3.00 bits per heavy atom. The summed E-state index contributed by atoms with van der Waals surface area (Å²) in [5, 5.41) is 10.2. The molecule has 5 nitrogen and oxygen atoms in total. The fraction of sp³-hybridized carbons (Fsp3) is 0.400. The number of imidazole rings is 1. The highest BCUT2D eigenvalue weighted by Crippen LogP contribution is 2.11. The number of rotatable bonds is 2. The summed E-state index contributed by atoms with van der Waals surface area (Å²) in [5.74, 6) is 0.00231. The molecule has 0 aromatic carbocycles. The molecule has 0 aliphatic rings. The van der Waals surface area contributed by atoms with E-state index in [4.69, 9.17) is 0 Å². The van der Waals surface area contributed by atoms with E-state index in [1.165, 1.54) is 6.33 Å². The number of hydrogen-bond acceptors (Lipinski definition) is 3. The van der Waals surface area contributed by atoms with Gasteiger partial charge in [-0.05, 0) is 11.3 Å². The molecule has 0 saturated carbocycles. The van der Waals surface area contributed by atoms with Crippen LogP contribution in [-0.4, -0.2) is 14.9 Å². The van der Waals surface area contributed by atoms with Crippen LogP contribution in [0.1, 0.15) is 12.6 Å². The van der Waals surface area contributed by atoms with E-state index in [1.807, 2.05) is 6.92 Å². The molecule has 1 heterocycles. The lowest BCUT2D eigenvalue weighted by Crippen LogP contribution is -1.92. The third-order valence-corrected chi connectivity index (χ3v) is 1.21. The molecule has 0 amide bonds. The van der Waals surface area contributed by atoms with Gasteiger partial charge in [-0.25, -0.2) is 9.97 Å². The van der Waals surface area contributed by atoms with Gasteiger partial charge in [-0.2, -0.15) is 0 Å². The molecular weight excluding hydrogens is 134 g/mol. The Balaban J connectivity index is 3.01. The van der Waals surface area contributed by atoms with Gasteiger partial charge >= 0.3 is 5.82 Å². The van der Waals surface area contributed by atoms with E-state index in [0.29, 0.717) is 12.1 Å². The largest absolute Gasteiger partial charge is 0.358 e. The van der Waals surface area contributed by atoms with E-state index in [2.05, 4.69) is 9.97 Å². The van der Waals surface area contributed by atoms with Gasteiger partial charge in [-0.15, -0.1) is 0 Å². The first-order valence-electron chi connectivity index (χ1n) is 2.92. The third-order valence-electron chi connectivity index (χ3n) is 1.21. The number of hydrogen-bond donors (Lipinski definition) is 1. The Morgan fingerprint density at radius 2 is 2.60 bits per heavy atom. The predicted octanol–water partition coefficient (Wildman–Crippen LogP) is 0.880. The summed E-state index contributed by atoms with van der Waals surface area (Å²) < 4.78 is 0. The van der Waals surface area contributed by atoms with Crippen molar-refractivity contribution in [1.82, 2.24) is 9.97 Å². The molecule has 1 rings (SSSR count). The molecule has 0 bridgehead atoms. The normalized spacial score (nSPS) is 9.70. The van der Waals surface area contributed by atoms with Crippen LogP contribution >= 0.6 is 0 Å². The molecule has 10 heavy (non-hydrogen) atoms. The summed E-state index contributed by atoms with van der Waals surface area (Å²) in [6, 6.07) is 0. The van der Waals surface area contributed by atoms with Crippen molar-refractivity contribution < 1.29 is 4.92 Å². The SMILES string of the molecule is CCc1nc[nH]c1[N+](=O)[O-]. The predicted molar refractivity (Wildman–Crippen MR) is 34.6 cm³/mol. The van der Waals surface area contributed by atoms with Gasteiger partial charge in [0.15, 0.2) is 6.33 Å². The molecule has 1 N–H and O–H groups in total. The van der Waals surface area contributed by atoms with Gasteiger partial charge in [-0.1, -0.05) is 6.92 Å². The number of nitrogens with one attached hydrogen (secondary N) is 1. The molecule has 0 atom stereocenters. The lowest BCUT2D eigenvalue weighted by atomic mass is 10.3. The van der Waals surface area contributed by atoms with Crippen molar-refractivity contribution >= 4 is 5.82 Å². The summed E-state index contributed by atoms with van der Waals surface area (Å²) in [5.41, 5.74) is 0.505. The molecule has 0 fully saturated rings. The lowest BCUT2D eigenvalue weighted by molar-refractivity contribution is -0.390. The number of H-pyrrole nitrogens is 1. The van der Waals surface area contributed by atoms with Crippen molar-refractivity contribution in [1.29, 1.82) is 0 Å². The third kappa shape index (κ3) is 0.975. The molecule has 0 unspecified atom stereocenters.